The Morgan fingerprint density at radius 2 is 1.68 bits per heavy atom. The molecule has 22 heavy (non-hydrogen) atoms. The van der Waals surface area contributed by atoms with Gasteiger partial charge in [-0.25, -0.2) is 0 Å². The summed E-state index contributed by atoms with van der Waals surface area (Å²) in [6.07, 6.45) is 1.63. The zero-order valence-electron chi connectivity index (χ0n) is 11.9. The Kier molecular flexibility index (Phi) is 3.93. The predicted molar refractivity (Wildman–Crippen MR) is 82.0 cm³/mol. The average Bonchev–Trinajstić information content (AvgIpc) is 2.54. The molecule has 0 saturated carbocycles. The fourth-order valence-corrected chi connectivity index (χ4v) is 2.09. The standard InChI is InChI=1S/C15H12ClN3O3/c1-20-13-8-14(21-2)19-15(18-13)22-12-5-6-17-11-7-9(16)3-4-10(11)12/h3-8H,1-2H3. The minimum atomic E-state index is 0.124. The molecule has 3 rings (SSSR count). The summed E-state index contributed by atoms with van der Waals surface area (Å²) in [5.41, 5.74) is 0.722. The molecule has 0 atom stereocenters. The lowest BCUT2D eigenvalue weighted by Gasteiger charge is -2.09. The van der Waals surface area contributed by atoms with Gasteiger partial charge in [-0.2, -0.15) is 9.97 Å². The highest BCUT2D eigenvalue weighted by Gasteiger charge is 2.10. The zero-order valence-corrected chi connectivity index (χ0v) is 12.7. The Morgan fingerprint density at radius 3 is 2.36 bits per heavy atom. The van der Waals surface area contributed by atoms with E-state index in [0.717, 1.165) is 10.9 Å². The van der Waals surface area contributed by atoms with E-state index in [9.17, 15) is 0 Å². The molecule has 0 aliphatic rings. The zero-order chi connectivity index (χ0) is 15.5. The van der Waals surface area contributed by atoms with Crippen LogP contribution in [0.1, 0.15) is 0 Å². The molecule has 0 unspecified atom stereocenters. The highest BCUT2D eigenvalue weighted by Crippen LogP contribution is 2.30. The first-order valence-corrected chi connectivity index (χ1v) is 6.76. The summed E-state index contributed by atoms with van der Waals surface area (Å²) >= 11 is 5.97. The van der Waals surface area contributed by atoms with E-state index < -0.39 is 0 Å². The molecule has 7 heteroatoms. The molecule has 0 aliphatic heterocycles. The van der Waals surface area contributed by atoms with Crippen LogP contribution in [0.4, 0.5) is 0 Å². The number of pyridine rings is 1. The van der Waals surface area contributed by atoms with Crippen molar-refractivity contribution in [1.82, 2.24) is 15.0 Å². The highest BCUT2D eigenvalue weighted by atomic mass is 35.5. The van der Waals surface area contributed by atoms with Crippen LogP contribution in [-0.4, -0.2) is 29.2 Å². The molecular weight excluding hydrogens is 306 g/mol. The molecule has 112 valence electrons. The summed E-state index contributed by atoms with van der Waals surface area (Å²) < 4.78 is 15.9. The molecule has 0 amide bonds. The van der Waals surface area contributed by atoms with Crippen molar-refractivity contribution in [3.8, 4) is 23.5 Å². The fraction of sp³-hybridized carbons (Fsp3) is 0.133. The first kappa shape index (κ1) is 14.3. The molecule has 0 bridgehead atoms. The fourth-order valence-electron chi connectivity index (χ4n) is 1.92. The maximum absolute atomic E-state index is 5.97. The Bertz CT molecular complexity index is 804. The lowest BCUT2D eigenvalue weighted by molar-refractivity contribution is 0.349. The van der Waals surface area contributed by atoms with Crippen molar-refractivity contribution in [2.75, 3.05) is 14.2 Å². The van der Waals surface area contributed by atoms with Gasteiger partial charge >= 0.3 is 6.01 Å². The van der Waals surface area contributed by atoms with Crippen LogP contribution in [0, 0.1) is 0 Å². The van der Waals surface area contributed by atoms with Gasteiger partial charge < -0.3 is 14.2 Å². The molecule has 0 N–H and O–H groups in total. The van der Waals surface area contributed by atoms with Crippen molar-refractivity contribution in [3.05, 3.63) is 41.6 Å². The second-order valence-corrected chi connectivity index (χ2v) is 4.74. The van der Waals surface area contributed by atoms with Gasteiger partial charge in [0.15, 0.2) is 0 Å². The van der Waals surface area contributed by atoms with Gasteiger partial charge in [0.05, 0.1) is 25.8 Å². The number of rotatable bonds is 4. The van der Waals surface area contributed by atoms with E-state index in [-0.39, 0.29) is 6.01 Å². The number of benzene rings is 1. The highest BCUT2D eigenvalue weighted by molar-refractivity contribution is 6.31. The average molecular weight is 318 g/mol. The molecule has 6 nitrogen and oxygen atoms in total. The SMILES string of the molecule is COc1cc(OC)nc(Oc2ccnc3cc(Cl)ccc23)n1. The van der Waals surface area contributed by atoms with Gasteiger partial charge in [0.25, 0.3) is 0 Å². The summed E-state index contributed by atoms with van der Waals surface area (Å²) in [5.74, 6) is 1.27. The van der Waals surface area contributed by atoms with Crippen molar-refractivity contribution >= 4 is 22.5 Å². The van der Waals surface area contributed by atoms with Crippen LogP contribution in [-0.2, 0) is 0 Å². The number of nitrogens with zero attached hydrogens (tertiary/aromatic N) is 3. The minimum Gasteiger partial charge on any atom is -0.481 e. The number of ether oxygens (including phenoxy) is 3. The minimum absolute atomic E-state index is 0.124. The summed E-state index contributed by atoms with van der Waals surface area (Å²) in [7, 11) is 3.02. The van der Waals surface area contributed by atoms with E-state index in [0.29, 0.717) is 22.5 Å². The normalized spacial score (nSPS) is 10.5. The summed E-state index contributed by atoms with van der Waals surface area (Å²) in [6, 6.07) is 8.78. The first-order valence-electron chi connectivity index (χ1n) is 6.39. The van der Waals surface area contributed by atoms with E-state index in [1.165, 1.54) is 14.2 Å². The first-order chi connectivity index (χ1) is 10.7. The van der Waals surface area contributed by atoms with Crippen molar-refractivity contribution in [2.45, 2.75) is 0 Å². The van der Waals surface area contributed by atoms with Crippen LogP contribution in [0.5, 0.6) is 23.5 Å². The maximum atomic E-state index is 5.97. The van der Waals surface area contributed by atoms with Crippen LogP contribution in [0.15, 0.2) is 36.5 Å². The molecular formula is C15H12ClN3O3. The van der Waals surface area contributed by atoms with E-state index >= 15 is 0 Å². The lowest BCUT2D eigenvalue weighted by atomic mass is 10.2. The summed E-state index contributed by atoms with van der Waals surface area (Å²) in [5, 5.41) is 1.41. The maximum Gasteiger partial charge on any atom is 0.328 e. The molecule has 2 aromatic heterocycles. The van der Waals surface area contributed by atoms with Gasteiger partial charge in [-0.15, -0.1) is 0 Å². The Labute approximate surface area is 131 Å². The van der Waals surface area contributed by atoms with Crippen molar-refractivity contribution < 1.29 is 14.2 Å². The number of hydrogen-bond acceptors (Lipinski definition) is 6. The lowest BCUT2D eigenvalue weighted by Crippen LogP contribution is -1.98. The summed E-state index contributed by atoms with van der Waals surface area (Å²) in [6.45, 7) is 0. The van der Waals surface area contributed by atoms with Crippen LogP contribution in [0.3, 0.4) is 0 Å². The number of fused-ring (bicyclic) bond motifs is 1. The van der Waals surface area contributed by atoms with Gasteiger partial charge in [-0.05, 0) is 24.3 Å². The van der Waals surface area contributed by atoms with Gasteiger partial charge in [0.2, 0.25) is 11.8 Å². The summed E-state index contributed by atoms with van der Waals surface area (Å²) in [4.78, 5) is 12.5. The van der Waals surface area contributed by atoms with Crippen molar-refractivity contribution in [3.63, 3.8) is 0 Å². The van der Waals surface area contributed by atoms with Crippen molar-refractivity contribution in [1.29, 1.82) is 0 Å². The van der Waals surface area contributed by atoms with Gasteiger partial charge in [0.1, 0.15) is 5.75 Å². The Morgan fingerprint density at radius 1 is 0.955 bits per heavy atom. The predicted octanol–water partition coefficient (Wildman–Crippen LogP) is 3.49. The van der Waals surface area contributed by atoms with Crippen LogP contribution >= 0.6 is 11.6 Å². The van der Waals surface area contributed by atoms with Gasteiger partial charge in [-0.1, -0.05) is 11.6 Å². The van der Waals surface area contributed by atoms with E-state index in [4.69, 9.17) is 25.8 Å². The van der Waals surface area contributed by atoms with Crippen LogP contribution < -0.4 is 14.2 Å². The van der Waals surface area contributed by atoms with Gasteiger partial charge in [0, 0.05) is 16.6 Å². The number of aromatic nitrogens is 3. The van der Waals surface area contributed by atoms with E-state index in [1.807, 2.05) is 6.07 Å². The van der Waals surface area contributed by atoms with Crippen molar-refractivity contribution in [2.24, 2.45) is 0 Å². The Balaban J connectivity index is 2.03. The van der Waals surface area contributed by atoms with E-state index in [2.05, 4.69) is 15.0 Å². The van der Waals surface area contributed by atoms with Crippen LogP contribution in [0.25, 0.3) is 10.9 Å². The molecule has 0 saturated heterocycles. The topological polar surface area (TPSA) is 66.4 Å². The second kappa shape index (κ2) is 6.03. The molecule has 2 heterocycles. The van der Waals surface area contributed by atoms with Crippen LogP contribution in [0.2, 0.25) is 5.02 Å². The number of halogens is 1. The molecule has 3 aromatic rings. The number of hydrogen-bond donors (Lipinski definition) is 0. The van der Waals surface area contributed by atoms with E-state index in [1.54, 1.807) is 30.5 Å². The quantitative estimate of drug-likeness (QED) is 0.734. The molecule has 1 aromatic carbocycles. The third-order valence-electron chi connectivity index (χ3n) is 2.94. The monoisotopic (exact) mass is 317 g/mol. The van der Waals surface area contributed by atoms with Gasteiger partial charge in [-0.3, -0.25) is 4.98 Å². The molecule has 0 aliphatic carbocycles. The third-order valence-corrected chi connectivity index (χ3v) is 3.18. The second-order valence-electron chi connectivity index (χ2n) is 4.31. The molecule has 0 fully saturated rings. The molecule has 0 spiro atoms. The molecule has 0 radical (unpaired) electrons. The number of methoxy groups -OCH3 is 2. The third kappa shape index (κ3) is 2.87. The Hall–Kier alpha value is -2.60. The largest absolute Gasteiger partial charge is 0.481 e. The smallest absolute Gasteiger partial charge is 0.328 e.